The third-order valence-electron chi connectivity index (χ3n) is 4.44. The molecule has 0 fully saturated rings. The van der Waals surface area contributed by atoms with Crippen LogP contribution in [0.5, 0.6) is 0 Å². The minimum atomic E-state index is -0.0865. The van der Waals surface area contributed by atoms with Gasteiger partial charge in [0.2, 0.25) is 0 Å². The highest BCUT2D eigenvalue weighted by molar-refractivity contribution is 6.30. The molecule has 0 unspecified atom stereocenters. The van der Waals surface area contributed by atoms with Crippen LogP contribution >= 0.6 is 11.6 Å². The Kier molecular flexibility index (Phi) is 4.54. The Labute approximate surface area is 156 Å². The molecular formula is C20H17ClN4O. The van der Waals surface area contributed by atoms with Crippen LogP contribution in [-0.4, -0.2) is 22.6 Å². The molecule has 130 valence electrons. The van der Waals surface area contributed by atoms with Gasteiger partial charge in [-0.05, 0) is 41.8 Å². The molecule has 1 aliphatic heterocycles. The molecule has 2 heterocycles. The zero-order valence-electron chi connectivity index (χ0n) is 14.0. The summed E-state index contributed by atoms with van der Waals surface area (Å²) in [5.74, 6) is 0.403. The molecule has 0 saturated carbocycles. The topological polar surface area (TPSA) is 58.1 Å². The van der Waals surface area contributed by atoms with Crippen molar-refractivity contribution in [2.45, 2.75) is 13.0 Å². The van der Waals surface area contributed by atoms with Gasteiger partial charge in [0.15, 0.2) is 5.82 Å². The van der Waals surface area contributed by atoms with E-state index in [4.69, 9.17) is 11.6 Å². The van der Waals surface area contributed by atoms with Gasteiger partial charge in [0.25, 0.3) is 5.91 Å². The second-order valence-electron chi connectivity index (χ2n) is 6.11. The van der Waals surface area contributed by atoms with E-state index in [9.17, 15) is 4.79 Å². The van der Waals surface area contributed by atoms with Crippen molar-refractivity contribution in [3.8, 4) is 0 Å². The molecule has 1 aliphatic rings. The number of benzene rings is 2. The second kappa shape index (κ2) is 7.14. The zero-order chi connectivity index (χ0) is 17.9. The van der Waals surface area contributed by atoms with Gasteiger partial charge in [-0.15, -0.1) is 5.10 Å². The van der Waals surface area contributed by atoms with E-state index in [1.165, 1.54) is 0 Å². The lowest BCUT2D eigenvalue weighted by Crippen LogP contribution is -2.30. The molecule has 3 aromatic rings. The summed E-state index contributed by atoms with van der Waals surface area (Å²) in [5.41, 5.74) is 3.62. The normalized spacial score (nSPS) is 12.7. The van der Waals surface area contributed by atoms with Crippen molar-refractivity contribution in [2.24, 2.45) is 0 Å². The van der Waals surface area contributed by atoms with Crippen molar-refractivity contribution in [1.29, 1.82) is 0 Å². The number of carbonyl (C=O) groups excluding carboxylic acids is 1. The molecular weight excluding hydrogens is 348 g/mol. The predicted octanol–water partition coefficient (Wildman–Crippen LogP) is 3.95. The van der Waals surface area contributed by atoms with Crippen LogP contribution < -0.4 is 10.2 Å². The summed E-state index contributed by atoms with van der Waals surface area (Å²) in [6.07, 6.45) is 2.34. The molecule has 5 nitrogen and oxygen atoms in total. The van der Waals surface area contributed by atoms with Crippen molar-refractivity contribution in [3.05, 3.63) is 82.5 Å². The summed E-state index contributed by atoms with van der Waals surface area (Å²) in [5, 5.41) is 12.0. The minimum Gasteiger partial charge on any atom is -0.364 e. The van der Waals surface area contributed by atoms with Gasteiger partial charge < -0.3 is 10.2 Å². The molecule has 0 saturated heterocycles. The van der Waals surface area contributed by atoms with Crippen LogP contribution in [-0.2, 0) is 13.0 Å². The number of hydrogen-bond donors (Lipinski definition) is 1. The number of nitrogens with one attached hydrogen (secondary N) is 1. The predicted molar refractivity (Wildman–Crippen MR) is 103 cm³/mol. The second-order valence-corrected chi connectivity index (χ2v) is 6.55. The van der Waals surface area contributed by atoms with Crippen LogP contribution in [0.1, 0.15) is 21.5 Å². The molecule has 1 aromatic heterocycles. The molecule has 6 heteroatoms. The lowest BCUT2D eigenvalue weighted by Gasteiger charge is -2.19. The number of anilines is 2. The first-order valence-corrected chi connectivity index (χ1v) is 8.80. The van der Waals surface area contributed by atoms with E-state index in [1.807, 2.05) is 48.5 Å². The average Bonchev–Trinajstić information content (AvgIpc) is 3.10. The van der Waals surface area contributed by atoms with Gasteiger partial charge in [-0.25, -0.2) is 0 Å². The van der Waals surface area contributed by atoms with Crippen molar-refractivity contribution in [2.75, 3.05) is 16.8 Å². The Hall–Kier alpha value is -2.92. The SMILES string of the molecule is O=C(c1ccnnc1NCc1ccccc1)N1CCc2cc(Cl)ccc21. The summed E-state index contributed by atoms with van der Waals surface area (Å²) in [6.45, 7) is 1.21. The average molecular weight is 365 g/mol. The van der Waals surface area contributed by atoms with Crippen molar-refractivity contribution >= 4 is 29.0 Å². The van der Waals surface area contributed by atoms with Gasteiger partial charge in [-0.1, -0.05) is 41.9 Å². The fourth-order valence-electron chi connectivity index (χ4n) is 3.14. The molecule has 1 amide bonds. The number of carbonyl (C=O) groups is 1. The summed E-state index contributed by atoms with van der Waals surface area (Å²) < 4.78 is 0. The van der Waals surface area contributed by atoms with Gasteiger partial charge >= 0.3 is 0 Å². The van der Waals surface area contributed by atoms with Gasteiger partial charge in [0.05, 0.1) is 11.8 Å². The van der Waals surface area contributed by atoms with Crippen molar-refractivity contribution in [3.63, 3.8) is 0 Å². The third kappa shape index (κ3) is 3.26. The monoisotopic (exact) mass is 364 g/mol. The highest BCUT2D eigenvalue weighted by Gasteiger charge is 2.27. The number of halogens is 1. The number of aromatic nitrogens is 2. The van der Waals surface area contributed by atoms with E-state index in [2.05, 4.69) is 15.5 Å². The smallest absolute Gasteiger partial charge is 0.262 e. The van der Waals surface area contributed by atoms with E-state index in [0.717, 1.165) is 23.2 Å². The molecule has 0 bridgehead atoms. The highest BCUT2D eigenvalue weighted by atomic mass is 35.5. The summed E-state index contributed by atoms with van der Waals surface area (Å²) in [7, 11) is 0. The molecule has 1 N–H and O–H groups in total. The highest BCUT2D eigenvalue weighted by Crippen LogP contribution is 2.32. The third-order valence-corrected chi connectivity index (χ3v) is 4.67. The van der Waals surface area contributed by atoms with Gasteiger partial charge in [-0.3, -0.25) is 4.79 Å². The first-order chi connectivity index (χ1) is 12.7. The van der Waals surface area contributed by atoms with Crippen LogP contribution in [0.3, 0.4) is 0 Å². The molecule has 2 aromatic carbocycles. The minimum absolute atomic E-state index is 0.0865. The summed E-state index contributed by atoms with van der Waals surface area (Å²) in [6, 6.07) is 17.3. The number of hydrogen-bond acceptors (Lipinski definition) is 4. The lowest BCUT2D eigenvalue weighted by atomic mass is 10.1. The quantitative estimate of drug-likeness (QED) is 0.761. The van der Waals surface area contributed by atoms with Gasteiger partial charge in [0.1, 0.15) is 0 Å². The first kappa shape index (κ1) is 16.5. The molecule has 0 spiro atoms. The van der Waals surface area contributed by atoms with Crippen molar-refractivity contribution in [1.82, 2.24) is 10.2 Å². The molecule has 4 rings (SSSR count). The number of nitrogens with zero attached hydrogens (tertiary/aromatic N) is 3. The van der Waals surface area contributed by atoms with E-state index < -0.39 is 0 Å². The van der Waals surface area contributed by atoms with Crippen LogP contribution in [0.15, 0.2) is 60.8 Å². The number of fused-ring (bicyclic) bond motifs is 1. The Morgan fingerprint density at radius 1 is 1.15 bits per heavy atom. The molecule has 0 aliphatic carbocycles. The number of amides is 1. The van der Waals surface area contributed by atoms with E-state index in [0.29, 0.717) is 29.5 Å². The van der Waals surface area contributed by atoms with Crippen LogP contribution in [0.4, 0.5) is 11.5 Å². The lowest BCUT2D eigenvalue weighted by molar-refractivity contribution is 0.0989. The van der Waals surface area contributed by atoms with Crippen LogP contribution in [0, 0.1) is 0 Å². The molecule has 26 heavy (non-hydrogen) atoms. The fourth-order valence-corrected chi connectivity index (χ4v) is 3.34. The summed E-state index contributed by atoms with van der Waals surface area (Å²) in [4.78, 5) is 14.9. The first-order valence-electron chi connectivity index (χ1n) is 8.42. The summed E-state index contributed by atoms with van der Waals surface area (Å²) >= 11 is 6.06. The largest absolute Gasteiger partial charge is 0.364 e. The fraction of sp³-hybridized carbons (Fsp3) is 0.150. The standard InChI is InChI=1S/C20H17ClN4O/c21-16-6-7-18-15(12-16)9-11-25(18)20(26)17-8-10-23-24-19(17)22-13-14-4-2-1-3-5-14/h1-8,10,12H,9,11,13H2,(H,22,24). The molecule has 0 radical (unpaired) electrons. The Balaban J connectivity index is 1.58. The number of rotatable bonds is 4. The molecule has 0 atom stereocenters. The van der Waals surface area contributed by atoms with E-state index in [1.54, 1.807) is 17.2 Å². The van der Waals surface area contributed by atoms with Gasteiger partial charge in [-0.2, -0.15) is 5.10 Å². The van der Waals surface area contributed by atoms with Crippen molar-refractivity contribution < 1.29 is 4.79 Å². The van der Waals surface area contributed by atoms with Gasteiger partial charge in [0, 0.05) is 23.8 Å². The maximum atomic E-state index is 13.1. The Morgan fingerprint density at radius 3 is 2.85 bits per heavy atom. The maximum absolute atomic E-state index is 13.1. The van der Waals surface area contributed by atoms with E-state index >= 15 is 0 Å². The van der Waals surface area contributed by atoms with Crippen LogP contribution in [0.2, 0.25) is 5.02 Å². The maximum Gasteiger partial charge on any atom is 0.262 e. The van der Waals surface area contributed by atoms with Crippen LogP contribution in [0.25, 0.3) is 0 Å². The Bertz CT molecular complexity index is 946. The zero-order valence-corrected chi connectivity index (χ0v) is 14.8. The Morgan fingerprint density at radius 2 is 2.00 bits per heavy atom. The van der Waals surface area contributed by atoms with E-state index in [-0.39, 0.29) is 5.91 Å².